The first-order valence-corrected chi connectivity index (χ1v) is 9.13. The van der Waals surface area contributed by atoms with Crippen LogP contribution in [-0.2, 0) is 14.8 Å². The molecule has 0 unspecified atom stereocenters. The first-order valence-electron chi connectivity index (χ1n) is 6.92. The fourth-order valence-corrected chi connectivity index (χ4v) is 3.85. The van der Waals surface area contributed by atoms with Gasteiger partial charge in [0.1, 0.15) is 5.00 Å². The molecule has 1 aliphatic rings. The van der Waals surface area contributed by atoms with Gasteiger partial charge >= 0.3 is 0 Å². The van der Waals surface area contributed by atoms with Crippen LogP contribution in [-0.4, -0.2) is 51.0 Å². The lowest BCUT2D eigenvalue weighted by Gasteiger charge is -2.12. The van der Waals surface area contributed by atoms with Crippen molar-refractivity contribution in [3.8, 4) is 0 Å². The van der Waals surface area contributed by atoms with E-state index in [1.54, 1.807) is 0 Å². The lowest BCUT2D eigenvalue weighted by atomic mass is 10.4. The van der Waals surface area contributed by atoms with Crippen molar-refractivity contribution in [3.63, 3.8) is 0 Å². The van der Waals surface area contributed by atoms with E-state index in [0.717, 1.165) is 34.8 Å². The maximum atomic E-state index is 12.2. The molecule has 120 valence electrons. The fraction of sp³-hybridized carbons (Fsp3) is 0.750. The molecule has 0 bridgehead atoms. The number of hydrogen-bond acceptors (Lipinski definition) is 7. The highest BCUT2D eigenvalue weighted by atomic mass is 32.2. The third-order valence-corrected chi connectivity index (χ3v) is 6.05. The Kier molecular flexibility index (Phi) is 5.42. The van der Waals surface area contributed by atoms with Gasteiger partial charge in [0.05, 0.1) is 0 Å². The zero-order valence-electron chi connectivity index (χ0n) is 12.3. The van der Waals surface area contributed by atoms with E-state index in [0.29, 0.717) is 18.2 Å². The van der Waals surface area contributed by atoms with Gasteiger partial charge in [0.15, 0.2) is 10.7 Å². The molecule has 1 heterocycles. The minimum absolute atomic E-state index is 0.0428. The van der Waals surface area contributed by atoms with E-state index in [4.69, 9.17) is 10.5 Å². The van der Waals surface area contributed by atoms with Gasteiger partial charge in [-0.1, -0.05) is 0 Å². The SMILES string of the molecule is CN(C)S(=O)(=O)c1c(N)nsc1NCCCOCC1CC1. The summed E-state index contributed by atoms with van der Waals surface area (Å²) in [6.07, 6.45) is 3.38. The maximum absolute atomic E-state index is 12.2. The van der Waals surface area contributed by atoms with Crippen molar-refractivity contribution in [2.75, 3.05) is 44.9 Å². The van der Waals surface area contributed by atoms with Crippen LogP contribution in [0.25, 0.3) is 0 Å². The van der Waals surface area contributed by atoms with E-state index in [9.17, 15) is 8.42 Å². The highest BCUT2D eigenvalue weighted by molar-refractivity contribution is 7.89. The average Bonchev–Trinajstić information content (AvgIpc) is 3.16. The molecule has 3 N–H and O–H groups in total. The van der Waals surface area contributed by atoms with Crippen molar-refractivity contribution in [1.29, 1.82) is 0 Å². The monoisotopic (exact) mass is 334 g/mol. The molecular weight excluding hydrogens is 312 g/mol. The third kappa shape index (κ3) is 4.29. The second kappa shape index (κ2) is 6.91. The number of sulfonamides is 1. The minimum atomic E-state index is -3.58. The van der Waals surface area contributed by atoms with Gasteiger partial charge in [-0.3, -0.25) is 0 Å². The Morgan fingerprint density at radius 2 is 2.19 bits per heavy atom. The molecule has 0 saturated heterocycles. The fourth-order valence-electron chi connectivity index (χ4n) is 1.75. The van der Waals surface area contributed by atoms with Crippen molar-refractivity contribution in [1.82, 2.24) is 8.68 Å². The average molecular weight is 334 g/mol. The molecule has 7 nitrogen and oxygen atoms in total. The topological polar surface area (TPSA) is 97.6 Å². The Morgan fingerprint density at radius 3 is 2.81 bits per heavy atom. The molecule has 0 radical (unpaired) electrons. The number of nitrogens with zero attached hydrogens (tertiary/aromatic N) is 2. The molecule has 2 rings (SSSR count). The van der Waals surface area contributed by atoms with Crippen molar-refractivity contribution < 1.29 is 13.2 Å². The van der Waals surface area contributed by atoms with E-state index in [1.165, 1.54) is 26.9 Å². The normalized spacial score (nSPS) is 15.6. The largest absolute Gasteiger partial charge is 0.382 e. The van der Waals surface area contributed by atoms with E-state index in [1.807, 2.05) is 0 Å². The Labute approximate surface area is 129 Å². The van der Waals surface area contributed by atoms with Crippen LogP contribution in [0.2, 0.25) is 0 Å². The zero-order chi connectivity index (χ0) is 15.5. The van der Waals surface area contributed by atoms with E-state index in [2.05, 4.69) is 9.69 Å². The number of nitrogens with one attached hydrogen (secondary N) is 1. The molecule has 0 aliphatic heterocycles. The Bertz CT molecular complexity index is 567. The molecule has 1 fully saturated rings. The second-order valence-corrected chi connectivity index (χ2v) is 8.17. The summed E-state index contributed by atoms with van der Waals surface area (Å²) < 4.78 is 35.0. The van der Waals surface area contributed by atoms with Crippen molar-refractivity contribution in [3.05, 3.63) is 0 Å². The number of anilines is 2. The zero-order valence-corrected chi connectivity index (χ0v) is 14.0. The number of aromatic nitrogens is 1. The smallest absolute Gasteiger partial charge is 0.249 e. The number of ether oxygens (including phenoxy) is 1. The lowest BCUT2D eigenvalue weighted by molar-refractivity contribution is 0.124. The standard InChI is InChI=1S/C12H22N4O3S2/c1-16(2)21(17,18)10-11(13)15-20-12(10)14-6-3-7-19-8-9-4-5-9/h9,14H,3-8H2,1-2H3,(H2,13,15). The van der Waals surface area contributed by atoms with Crippen molar-refractivity contribution >= 4 is 32.4 Å². The van der Waals surface area contributed by atoms with Crippen LogP contribution in [0.5, 0.6) is 0 Å². The van der Waals surface area contributed by atoms with Crippen molar-refractivity contribution in [2.24, 2.45) is 5.92 Å². The van der Waals surface area contributed by atoms with Gasteiger partial charge in [-0.15, -0.1) is 0 Å². The molecule has 0 aromatic carbocycles. The molecule has 1 aromatic rings. The number of rotatable bonds is 9. The summed E-state index contributed by atoms with van der Waals surface area (Å²) in [6.45, 7) is 2.14. The predicted octanol–water partition coefficient (Wildman–Crippen LogP) is 1.20. The van der Waals surface area contributed by atoms with Crippen LogP contribution < -0.4 is 11.1 Å². The molecular formula is C12H22N4O3S2. The molecule has 1 saturated carbocycles. The highest BCUT2D eigenvalue weighted by Crippen LogP contribution is 2.33. The van der Waals surface area contributed by atoms with E-state index >= 15 is 0 Å². The van der Waals surface area contributed by atoms with Gasteiger partial charge in [0.2, 0.25) is 10.0 Å². The van der Waals surface area contributed by atoms with Gasteiger partial charge in [-0.05, 0) is 36.7 Å². The number of nitrogens with two attached hydrogens (primary N) is 1. The summed E-state index contributed by atoms with van der Waals surface area (Å²) in [4.78, 5) is 0.0661. The summed E-state index contributed by atoms with van der Waals surface area (Å²) >= 11 is 1.07. The minimum Gasteiger partial charge on any atom is -0.382 e. The number of hydrogen-bond donors (Lipinski definition) is 2. The Hall–Kier alpha value is -0.900. The van der Waals surface area contributed by atoms with Crippen LogP contribution in [0.3, 0.4) is 0 Å². The molecule has 1 aromatic heterocycles. The third-order valence-electron chi connectivity index (χ3n) is 3.21. The van der Waals surface area contributed by atoms with Gasteiger partial charge in [-0.2, -0.15) is 4.37 Å². The molecule has 9 heteroatoms. The van der Waals surface area contributed by atoms with Crippen LogP contribution in [0.1, 0.15) is 19.3 Å². The predicted molar refractivity (Wildman–Crippen MR) is 84.0 cm³/mol. The maximum Gasteiger partial charge on any atom is 0.249 e. The summed E-state index contributed by atoms with van der Waals surface area (Å²) in [5.74, 6) is 0.803. The van der Waals surface area contributed by atoms with Crippen molar-refractivity contribution in [2.45, 2.75) is 24.2 Å². The van der Waals surface area contributed by atoms with Crippen LogP contribution >= 0.6 is 11.5 Å². The van der Waals surface area contributed by atoms with Gasteiger partial charge < -0.3 is 15.8 Å². The van der Waals surface area contributed by atoms with Crippen LogP contribution in [0.15, 0.2) is 4.90 Å². The first-order chi connectivity index (χ1) is 9.93. The molecule has 0 spiro atoms. The molecule has 21 heavy (non-hydrogen) atoms. The first kappa shape index (κ1) is 16.5. The van der Waals surface area contributed by atoms with Gasteiger partial charge in [0, 0.05) is 33.9 Å². The van der Waals surface area contributed by atoms with Crippen LogP contribution in [0, 0.1) is 5.92 Å². The lowest BCUT2D eigenvalue weighted by Crippen LogP contribution is -2.23. The summed E-state index contributed by atoms with van der Waals surface area (Å²) in [5, 5.41) is 3.58. The van der Waals surface area contributed by atoms with E-state index in [-0.39, 0.29) is 10.7 Å². The number of nitrogen functional groups attached to an aromatic ring is 1. The summed E-state index contributed by atoms with van der Waals surface area (Å²) in [6, 6.07) is 0. The molecule has 1 aliphatic carbocycles. The second-order valence-electron chi connectivity index (χ2n) is 5.31. The van der Waals surface area contributed by atoms with E-state index < -0.39 is 10.0 Å². The van der Waals surface area contributed by atoms with Crippen LogP contribution in [0.4, 0.5) is 10.8 Å². The van der Waals surface area contributed by atoms with Gasteiger partial charge in [0.25, 0.3) is 0 Å². The molecule has 0 atom stereocenters. The summed E-state index contributed by atoms with van der Waals surface area (Å²) in [7, 11) is -0.634. The molecule has 0 amide bonds. The highest BCUT2D eigenvalue weighted by Gasteiger charge is 2.27. The quantitative estimate of drug-likeness (QED) is 0.659. The van der Waals surface area contributed by atoms with Gasteiger partial charge in [-0.25, -0.2) is 12.7 Å². The summed E-state index contributed by atoms with van der Waals surface area (Å²) in [5.41, 5.74) is 5.69. The Balaban J connectivity index is 1.85. The Morgan fingerprint density at radius 1 is 1.48 bits per heavy atom.